The van der Waals surface area contributed by atoms with Crippen molar-refractivity contribution in [2.45, 2.75) is 32.6 Å². The van der Waals surface area contributed by atoms with Crippen molar-refractivity contribution >= 4 is 11.6 Å². The van der Waals surface area contributed by atoms with Gasteiger partial charge in [-0.2, -0.15) is 5.10 Å². The lowest BCUT2D eigenvalue weighted by Crippen LogP contribution is -2.21. The van der Waals surface area contributed by atoms with Gasteiger partial charge in [0, 0.05) is 11.3 Å². The first-order chi connectivity index (χ1) is 8.25. The lowest BCUT2D eigenvalue weighted by molar-refractivity contribution is 0.0954. The van der Waals surface area contributed by atoms with Gasteiger partial charge in [-0.05, 0) is 43.7 Å². The number of nitrogens with one attached hydrogen (secondary N) is 1. The largest absolute Gasteiger partial charge is 0.271 e. The van der Waals surface area contributed by atoms with E-state index in [1.165, 1.54) is 12.8 Å². The Morgan fingerprint density at radius 2 is 1.88 bits per heavy atom. The predicted molar refractivity (Wildman–Crippen MR) is 69.0 cm³/mol. The second-order valence-corrected chi connectivity index (χ2v) is 4.67. The summed E-state index contributed by atoms with van der Waals surface area (Å²) in [5.41, 5.74) is 4.40. The summed E-state index contributed by atoms with van der Waals surface area (Å²) in [6.07, 6.45) is 4.38. The first kappa shape index (κ1) is 11.8. The highest BCUT2D eigenvalue weighted by atomic mass is 16.2. The molecular weight excluding hydrogens is 212 g/mol. The molecular formula is C14H18N2O. The molecule has 1 N–H and O–H groups in total. The van der Waals surface area contributed by atoms with E-state index in [-0.39, 0.29) is 5.91 Å². The molecule has 0 heterocycles. The van der Waals surface area contributed by atoms with Gasteiger partial charge in [0.1, 0.15) is 0 Å². The van der Waals surface area contributed by atoms with Gasteiger partial charge in [0.15, 0.2) is 0 Å². The number of carbonyl (C=O) groups is 1. The minimum atomic E-state index is -0.128. The van der Waals surface area contributed by atoms with Gasteiger partial charge >= 0.3 is 0 Å². The Balaban J connectivity index is 1.90. The molecule has 17 heavy (non-hydrogen) atoms. The van der Waals surface area contributed by atoms with Gasteiger partial charge in [0.2, 0.25) is 0 Å². The van der Waals surface area contributed by atoms with Crippen LogP contribution in [-0.4, -0.2) is 11.6 Å². The van der Waals surface area contributed by atoms with Crippen molar-refractivity contribution in [3.63, 3.8) is 0 Å². The van der Waals surface area contributed by atoms with E-state index in [9.17, 15) is 4.79 Å². The molecule has 0 atom stereocenters. The van der Waals surface area contributed by atoms with Crippen LogP contribution in [0.4, 0.5) is 0 Å². The normalized spacial score (nSPS) is 19.8. The molecule has 1 aliphatic rings. The molecule has 1 aliphatic carbocycles. The summed E-state index contributed by atoms with van der Waals surface area (Å²) in [5.74, 6) is 0.662. The van der Waals surface area contributed by atoms with E-state index in [1.807, 2.05) is 18.2 Å². The lowest BCUT2D eigenvalue weighted by Gasteiger charge is -2.18. The van der Waals surface area contributed by atoms with Crippen molar-refractivity contribution in [1.29, 1.82) is 0 Å². The lowest BCUT2D eigenvalue weighted by atomic mass is 9.90. The van der Waals surface area contributed by atoms with Crippen molar-refractivity contribution in [3.8, 4) is 0 Å². The van der Waals surface area contributed by atoms with Gasteiger partial charge in [-0.3, -0.25) is 4.79 Å². The molecule has 90 valence electrons. The molecule has 1 fully saturated rings. The Morgan fingerprint density at radius 3 is 2.53 bits per heavy atom. The maximum absolute atomic E-state index is 11.7. The number of carbonyl (C=O) groups excluding carboxylic acids is 1. The van der Waals surface area contributed by atoms with Crippen molar-refractivity contribution in [2.24, 2.45) is 11.0 Å². The molecule has 3 heteroatoms. The second kappa shape index (κ2) is 5.62. The number of benzene rings is 1. The first-order valence-corrected chi connectivity index (χ1v) is 6.16. The average molecular weight is 230 g/mol. The molecule has 1 aromatic rings. The number of nitrogens with zero attached hydrogens (tertiary/aromatic N) is 1. The quantitative estimate of drug-likeness (QED) is 0.780. The van der Waals surface area contributed by atoms with Gasteiger partial charge in [-0.15, -0.1) is 0 Å². The third kappa shape index (κ3) is 3.41. The SMILES string of the molecule is CC1CCC(=NNC(=O)c2ccccc2)CC1. The van der Waals surface area contributed by atoms with E-state index >= 15 is 0 Å². The zero-order valence-electron chi connectivity index (χ0n) is 10.1. The zero-order chi connectivity index (χ0) is 12.1. The maximum Gasteiger partial charge on any atom is 0.271 e. The molecule has 2 rings (SSSR count). The summed E-state index contributed by atoms with van der Waals surface area (Å²) in [4.78, 5) is 11.7. The van der Waals surface area contributed by atoms with Gasteiger partial charge < -0.3 is 0 Å². The fourth-order valence-electron chi connectivity index (χ4n) is 1.99. The molecule has 1 aromatic carbocycles. The molecule has 0 saturated heterocycles. The highest BCUT2D eigenvalue weighted by molar-refractivity contribution is 5.95. The van der Waals surface area contributed by atoms with Crippen LogP contribution in [0.1, 0.15) is 43.0 Å². The van der Waals surface area contributed by atoms with Crippen LogP contribution in [0.25, 0.3) is 0 Å². The fourth-order valence-corrected chi connectivity index (χ4v) is 1.99. The number of hydrazone groups is 1. The molecule has 0 aliphatic heterocycles. The summed E-state index contributed by atoms with van der Waals surface area (Å²) >= 11 is 0. The predicted octanol–water partition coefficient (Wildman–Crippen LogP) is 2.98. The third-order valence-corrected chi connectivity index (χ3v) is 3.20. The van der Waals surface area contributed by atoms with Crippen LogP contribution in [0, 0.1) is 5.92 Å². The molecule has 0 aromatic heterocycles. The Morgan fingerprint density at radius 1 is 1.24 bits per heavy atom. The fraction of sp³-hybridized carbons (Fsp3) is 0.429. The van der Waals surface area contributed by atoms with Gasteiger partial charge in [0.25, 0.3) is 5.91 Å². The van der Waals surface area contributed by atoms with Crippen LogP contribution in [0.2, 0.25) is 0 Å². The highest BCUT2D eigenvalue weighted by Gasteiger charge is 2.13. The average Bonchev–Trinajstić information content (AvgIpc) is 2.39. The van der Waals surface area contributed by atoms with Crippen molar-refractivity contribution in [2.75, 3.05) is 0 Å². The van der Waals surface area contributed by atoms with Crippen LogP contribution in [0.5, 0.6) is 0 Å². The van der Waals surface area contributed by atoms with Crippen LogP contribution in [0.15, 0.2) is 35.4 Å². The number of amides is 1. The topological polar surface area (TPSA) is 41.5 Å². The molecule has 3 nitrogen and oxygen atoms in total. The van der Waals surface area contributed by atoms with E-state index in [4.69, 9.17) is 0 Å². The van der Waals surface area contributed by atoms with E-state index in [0.29, 0.717) is 5.56 Å². The van der Waals surface area contributed by atoms with E-state index in [0.717, 1.165) is 24.5 Å². The van der Waals surface area contributed by atoms with Gasteiger partial charge in [-0.25, -0.2) is 5.43 Å². The summed E-state index contributed by atoms with van der Waals surface area (Å²) in [7, 11) is 0. The molecule has 1 saturated carbocycles. The third-order valence-electron chi connectivity index (χ3n) is 3.20. The molecule has 0 radical (unpaired) electrons. The summed E-state index contributed by atoms with van der Waals surface area (Å²) in [6.45, 7) is 2.26. The summed E-state index contributed by atoms with van der Waals surface area (Å²) < 4.78 is 0. The van der Waals surface area contributed by atoms with Crippen molar-refractivity contribution in [3.05, 3.63) is 35.9 Å². The minimum absolute atomic E-state index is 0.128. The second-order valence-electron chi connectivity index (χ2n) is 4.67. The Hall–Kier alpha value is -1.64. The number of hydrogen-bond acceptors (Lipinski definition) is 2. The first-order valence-electron chi connectivity index (χ1n) is 6.16. The zero-order valence-corrected chi connectivity index (χ0v) is 10.1. The van der Waals surface area contributed by atoms with Gasteiger partial charge in [0.05, 0.1) is 0 Å². The minimum Gasteiger partial charge on any atom is -0.267 e. The Labute approximate surface area is 102 Å². The summed E-state index contributed by atoms with van der Waals surface area (Å²) in [6, 6.07) is 9.18. The van der Waals surface area contributed by atoms with Crippen molar-refractivity contribution < 1.29 is 4.79 Å². The number of rotatable bonds is 2. The summed E-state index contributed by atoms with van der Waals surface area (Å²) in [5, 5.41) is 4.21. The number of hydrogen-bond donors (Lipinski definition) is 1. The molecule has 0 bridgehead atoms. The van der Waals surface area contributed by atoms with Crippen LogP contribution < -0.4 is 5.43 Å². The Kier molecular flexibility index (Phi) is 3.91. The van der Waals surface area contributed by atoms with E-state index < -0.39 is 0 Å². The van der Waals surface area contributed by atoms with Crippen LogP contribution in [0.3, 0.4) is 0 Å². The maximum atomic E-state index is 11.7. The molecule has 1 amide bonds. The van der Waals surface area contributed by atoms with Crippen LogP contribution in [-0.2, 0) is 0 Å². The molecule has 0 unspecified atom stereocenters. The standard InChI is InChI=1S/C14H18N2O/c1-11-7-9-13(10-8-11)15-16-14(17)12-5-3-2-4-6-12/h2-6,11H,7-10H2,1H3,(H,16,17). The Bertz CT molecular complexity index is 401. The van der Waals surface area contributed by atoms with Gasteiger partial charge in [-0.1, -0.05) is 25.1 Å². The monoisotopic (exact) mass is 230 g/mol. The smallest absolute Gasteiger partial charge is 0.267 e. The van der Waals surface area contributed by atoms with Crippen LogP contribution >= 0.6 is 0 Å². The molecule has 0 spiro atoms. The van der Waals surface area contributed by atoms with E-state index in [2.05, 4.69) is 17.5 Å². The highest BCUT2D eigenvalue weighted by Crippen LogP contribution is 2.20. The van der Waals surface area contributed by atoms with Crippen molar-refractivity contribution in [1.82, 2.24) is 5.43 Å². The van der Waals surface area contributed by atoms with E-state index in [1.54, 1.807) is 12.1 Å².